The lowest BCUT2D eigenvalue weighted by Crippen LogP contribution is -2.39. The van der Waals surface area contributed by atoms with Crippen LogP contribution in [0, 0.1) is 6.92 Å². The van der Waals surface area contributed by atoms with E-state index in [4.69, 9.17) is 21.3 Å². The van der Waals surface area contributed by atoms with Gasteiger partial charge in [0.15, 0.2) is 5.82 Å². The van der Waals surface area contributed by atoms with Crippen molar-refractivity contribution < 1.29 is 24.4 Å². The Hall–Kier alpha value is -4.52. The highest BCUT2D eigenvalue weighted by molar-refractivity contribution is 6.59. The molecule has 43 heavy (non-hydrogen) atoms. The van der Waals surface area contributed by atoms with Crippen LogP contribution in [0.5, 0.6) is 5.75 Å². The van der Waals surface area contributed by atoms with Crippen molar-refractivity contribution in [3.63, 3.8) is 0 Å². The number of aryl methyl sites for hydroxylation is 1. The number of nitrogens with one attached hydrogen (secondary N) is 2. The topological polar surface area (TPSA) is 151 Å². The average Bonchev–Trinajstić information content (AvgIpc) is 3.32. The Labute approximate surface area is 253 Å². The van der Waals surface area contributed by atoms with Gasteiger partial charge in [-0.25, -0.2) is 0 Å². The molecule has 0 fully saturated rings. The summed E-state index contributed by atoms with van der Waals surface area (Å²) in [5.74, 6) is 0.959. The molecule has 4 aromatic rings. The van der Waals surface area contributed by atoms with Gasteiger partial charge in [0, 0.05) is 22.7 Å². The Morgan fingerprint density at radius 2 is 1.79 bits per heavy atom. The molecule has 1 unspecified atom stereocenters. The normalized spacial score (nSPS) is 13.7. The SMILES string of the molecule is CCOc1ccc2c(c1)C(c1ccc(Cl)cc1)=NC(CC(=O)NCC(=O)NCc1ccccc1B(O)O)c1nnc(C)n1-2. The maximum atomic E-state index is 13.1. The van der Waals surface area contributed by atoms with Crippen molar-refractivity contribution in [1.82, 2.24) is 25.4 Å². The summed E-state index contributed by atoms with van der Waals surface area (Å²) in [6, 6.07) is 18.9. The number of ether oxygens (including phenoxy) is 1. The number of rotatable bonds is 10. The zero-order valence-electron chi connectivity index (χ0n) is 23.6. The van der Waals surface area contributed by atoms with Crippen molar-refractivity contribution in [3.05, 3.63) is 100 Å². The molecule has 1 aliphatic heterocycles. The molecule has 0 aliphatic carbocycles. The van der Waals surface area contributed by atoms with E-state index < -0.39 is 25.0 Å². The molecule has 1 aliphatic rings. The Morgan fingerprint density at radius 3 is 2.53 bits per heavy atom. The lowest BCUT2D eigenvalue weighted by Gasteiger charge is -2.14. The number of halogens is 1. The molecule has 0 radical (unpaired) electrons. The number of amides is 2. The van der Waals surface area contributed by atoms with Crippen LogP contribution in [0.2, 0.25) is 5.02 Å². The Balaban J connectivity index is 1.38. The van der Waals surface area contributed by atoms with Gasteiger partial charge >= 0.3 is 7.12 Å². The van der Waals surface area contributed by atoms with Crippen molar-refractivity contribution in [3.8, 4) is 11.4 Å². The van der Waals surface area contributed by atoms with Crippen LogP contribution in [0.3, 0.4) is 0 Å². The molecule has 4 N–H and O–H groups in total. The number of hydrogen-bond acceptors (Lipinski definition) is 8. The van der Waals surface area contributed by atoms with Gasteiger partial charge in [0.2, 0.25) is 11.8 Å². The molecule has 0 spiro atoms. The van der Waals surface area contributed by atoms with E-state index in [2.05, 4.69) is 20.8 Å². The quantitative estimate of drug-likeness (QED) is 0.203. The number of carbonyl (C=O) groups is 2. The third kappa shape index (κ3) is 6.77. The van der Waals surface area contributed by atoms with Gasteiger partial charge in [-0.3, -0.25) is 19.1 Å². The molecular weight excluding hydrogens is 571 g/mol. The second-order valence-electron chi connectivity index (χ2n) is 9.88. The summed E-state index contributed by atoms with van der Waals surface area (Å²) in [5.41, 5.74) is 3.87. The molecule has 5 rings (SSSR count). The van der Waals surface area contributed by atoms with Crippen molar-refractivity contribution in [2.24, 2.45) is 4.99 Å². The van der Waals surface area contributed by atoms with E-state index in [0.29, 0.717) is 45.8 Å². The van der Waals surface area contributed by atoms with Crippen molar-refractivity contribution in [2.45, 2.75) is 32.9 Å². The van der Waals surface area contributed by atoms with E-state index in [-0.39, 0.29) is 19.5 Å². The Bertz CT molecular complexity index is 1670. The highest BCUT2D eigenvalue weighted by Gasteiger charge is 2.30. The second kappa shape index (κ2) is 13.2. The molecular formula is C30H30BClN6O5. The Kier molecular flexibility index (Phi) is 9.20. The number of carbonyl (C=O) groups excluding carboxylic acids is 2. The summed E-state index contributed by atoms with van der Waals surface area (Å²) in [7, 11) is -1.66. The van der Waals surface area contributed by atoms with Crippen molar-refractivity contribution >= 4 is 41.7 Å². The van der Waals surface area contributed by atoms with Crippen LogP contribution in [0.4, 0.5) is 0 Å². The fraction of sp³-hybridized carbons (Fsp3) is 0.233. The molecule has 220 valence electrons. The van der Waals surface area contributed by atoms with Gasteiger partial charge in [-0.1, -0.05) is 48.0 Å². The molecule has 11 nitrogen and oxygen atoms in total. The molecule has 0 saturated heterocycles. The maximum absolute atomic E-state index is 13.1. The highest BCUT2D eigenvalue weighted by atomic mass is 35.5. The van der Waals surface area contributed by atoms with Crippen LogP contribution in [-0.4, -0.2) is 62.6 Å². The first kappa shape index (κ1) is 30.0. The van der Waals surface area contributed by atoms with E-state index in [9.17, 15) is 19.6 Å². The molecule has 0 saturated carbocycles. The van der Waals surface area contributed by atoms with Crippen LogP contribution in [-0.2, 0) is 16.1 Å². The number of nitrogens with zero attached hydrogens (tertiary/aromatic N) is 4. The van der Waals surface area contributed by atoms with Crippen molar-refractivity contribution in [2.75, 3.05) is 13.2 Å². The first-order valence-electron chi connectivity index (χ1n) is 13.8. The minimum Gasteiger partial charge on any atom is -0.494 e. The average molecular weight is 601 g/mol. The van der Waals surface area contributed by atoms with Gasteiger partial charge in [0.05, 0.1) is 31.0 Å². The smallest absolute Gasteiger partial charge is 0.488 e. The van der Waals surface area contributed by atoms with Crippen LogP contribution in [0.15, 0.2) is 71.7 Å². The number of fused-ring (bicyclic) bond motifs is 3. The third-order valence-corrected chi connectivity index (χ3v) is 7.21. The molecule has 2 heterocycles. The molecule has 3 aromatic carbocycles. The second-order valence-corrected chi connectivity index (χ2v) is 10.3. The summed E-state index contributed by atoms with van der Waals surface area (Å²) in [4.78, 5) is 30.7. The van der Waals surface area contributed by atoms with Gasteiger partial charge in [-0.2, -0.15) is 0 Å². The van der Waals surface area contributed by atoms with E-state index >= 15 is 0 Å². The lowest BCUT2D eigenvalue weighted by atomic mass is 9.77. The molecule has 1 atom stereocenters. The largest absolute Gasteiger partial charge is 0.494 e. The predicted molar refractivity (Wildman–Crippen MR) is 163 cm³/mol. The van der Waals surface area contributed by atoms with Gasteiger partial charge in [0.25, 0.3) is 0 Å². The third-order valence-electron chi connectivity index (χ3n) is 6.96. The van der Waals surface area contributed by atoms with Crippen LogP contribution in [0.25, 0.3) is 5.69 Å². The first-order chi connectivity index (χ1) is 20.7. The molecule has 2 amide bonds. The number of hydrogen-bond donors (Lipinski definition) is 4. The lowest BCUT2D eigenvalue weighted by molar-refractivity contribution is -0.126. The van der Waals surface area contributed by atoms with Crippen LogP contribution in [0.1, 0.15) is 47.7 Å². The number of aromatic nitrogens is 3. The zero-order chi connectivity index (χ0) is 30.5. The Morgan fingerprint density at radius 1 is 1.02 bits per heavy atom. The summed E-state index contributed by atoms with van der Waals surface area (Å²) in [5, 5.41) is 33.7. The fourth-order valence-corrected chi connectivity index (χ4v) is 5.06. The minimum absolute atomic E-state index is 0.0737. The first-order valence-corrected chi connectivity index (χ1v) is 14.1. The van der Waals surface area contributed by atoms with Gasteiger partial charge < -0.3 is 25.4 Å². The molecule has 1 aromatic heterocycles. The summed E-state index contributed by atoms with van der Waals surface area (Å²) < 4.78 is 7.67. The number of aliphatic imine (C=N–C) groups is 1. The molecule has 0 bridgehead atoms. The van der Waals surface area contributed by atoms with Crippen LogP contribution >= 0.6 is 11.6 Å². The highest BCUT2D eigenvalue weighted by Crippen LogP contribution is 2.34. The monoisotopic (exact) mass is 600 g/mol. The number of benzene rings is 3. The van der Waals surface area contributed by atoms with E-state index in [1.165, 1.54) is 0 Å². The van der Waals surface area contributed by atoms with Gasteiger partial charge in [-0.15, -0.1) is 10.2 Å². The van der Waals surface area contributed by atoms with E-state index in [0.717, 1.165) is 16.8 Å². The van der Waals surface area contributed by atoms with Gasteiger partial charge in [-0.05, 0) is 55.2 Å². The molecule has 13 heteroatoms. The van der Waals surface area contributed by atoms with E-state index in [1.807, 2.05) is 48.7 Å². The minimum atomic E-state index is -1.66. The summed E-state index contributed by atoms with van der Waals surface area (Å²) in [6.45, 7) is 4.04. The van der Waals surface area contributed by atoms with E-state index in [1.54, 1.807) is 36.4 Å². The standard InChI is InChI=1S/C30H30BClN6O5/c1-3-43-22-12-13-26-23(14-22)29(19-8-10-21(32)11-9-19)35-25(30-37-36-18(2)38(26)30)15-27(39)34-17-28(40)33-16-20-6-4-5-7-24(20)31(41)42/h4-14,25,41-42H,3,15-17H2,1-2H3,(H,33,40)(H,34,39). The predicted octanol–water partition coefficient (Wildman–Crippen LogP) is 2.02. The zero-order valence-corrected chi connectivity index (χ0v) is 24.4. The van der Waals surface area contributed by atoms with Crippen LogP contribution < -0.4 is 20.8 Å². The van der Waals surface area contributed by atoms with Crippen molar-refractivity contribution in [1.29, 1.82) is 0 Å². The fourth-order valence-electron chi connectivity index (χ4n) is 4.94. The van der Waals surface area contributed by atoms with Gasteiger partial charge in [0.1, 0.15) is 17.6 Å². The summed E-state index contributed by atoms with van der Waals surface area (Å²) in [6.07, 6.45) is -0.0889. The summed E-state index contributed by atoms with van der Waals surface area (Å²) >= 11 is 6.17. The maximum Gasteiger partial charge on any atom is 0.488 e.